The van der Waals surface area contributed by atoms with Crippen LogP contribution in [0.4, 0.5) is 0 Å². The Hall–Kier alpha value is -2.44. The molecule has 0 radical (unpaired) electrons. The van der Waals surface area contributed by atoms with Gasteiger partial charge in [0.05, 0.1) is 7.11 Å². The Labute approximate surface area is 151 Å². The van der Waals surface area contributed by atoms with Gasteiger partial charge >= 0.3 is 0 Å². The molecule has 25 heavy (non-hydrogen) atoms. The quantitative estimate of drug-likeness (QED) is 0.547. The minimum absolute atomic E-state index is 0.244. The number of aryl methyl sites for hydroxylation is 1. The number of hydrogen-bond acceptors (Lipinski definition) is 3. The number of benzene rings is 2. The highest BCUT2D eigenvalue weighted by molar-refractivity contribution is 5.44. The molecule has 0 aromatic heterocycles. The third-order valence-corrected chi connectivity index (χ3v) is 4.27. The third-order valence-electron chi connectivity index (χ3n) is 4.27. The number of methoxy groups -OCH3 is 1. The summed E-state index contributed by atoms with van der Waals surface area (Å²) in [6.45, 7) is 6.44. The smallest absolute Gasteiger partial charge is 0.162 e. The van der Waals surface area contributed by atoms with Gasteiger partial charge in [-0.3, -0.25) is 0 Å². The van der Waals surface area contributed by atoms with Crippen LogP contribution in [0.15, 0.2) is 42.5 Å². The minimum Gasteiger partial charge on any atom is -0.493 e. The maximum absolute atomic E-state index is 5.49. The second-order valence-corrected chi connectivity index (χ2v) is 6.26. The first-order valence-corrected chi connectivity index (χ1v) is 8.64. The van der Waals surface area contributed by atoms with Gasteiger partial charge in [-0.1, -0.05) is 48.7 Å². The van der Waals surface area contributed by atoms with Gasteiger partial charge in [-0.2, -0.15) is 0 Å². The first kappa shape index (κ1) is 18.9. The molecule has 0 heterocycles. The van der Waals surface area contributed by atoms with E-state index in [-0.39, 0.29) is 6.61 Å². The standard InChI is InChI=1S/C22H27NO2/c1-5-14-25-21-11-10-20(15-22(21)24-4)18(3)12-13-23-16-19-8-6-17(2)7-9-19/h1,6-11,15,18,23H,12-14,16H2,2-4H3. The van der Waals surface area contributed by atoms with E-state index in [1.165, 1.54) is 16.7 Å². The SMILES string of the molecule is C#CCOc1ccc(C(C)CCNCc2ccc(C)cc2)cc1OC. The van der Waals surface area contributed by atoms with Crippen LogP contribution < -0.4 is 14.8 Å². The van der Waals surface area contributed by atoms with Gasteiger partial charge in [-0.15, -0.1) is 6.42 Å². The molecule has 132 valence electrons. The van der Waals surface area contributed by atoms with Crippen LogP contribution in [0.1, 0.15) is 36.0 Å². The summed E-state index contributed by atoms with van der Waals surface area (Å²) in [5.74, 6) is 4.32. The van der Waals surface area contributed by atoms with E-state index in [1.807, 2.05) is 12.1 Å². The average Bonchev–Trinajstić information content (AvgIpc) is 2.64. The van der Waals surface area contributed by atoms with Crippen molar-refractivity contribution in [2.24, 2.45) is 0 Å². The summed E-state index contributed by atoms with van der Waals surface area (Å²) < 4.78 is 10.9. The molecule has 0 aliphatic heterocycles. The topological polar surface area (TPSA) is 30.5 Å². The van der Waals surface area contributed by atoms with Crippen molar-refractivity contribution in [3.05, 3.63) is 59.2 Å². The molecule has 0 aliphatic carbocycles. The first-order valence-electron chi connectivity index (χ1n) is 8.64. The molecule has 2 aromatic carbocycles. The van der Waals surface area contributed by atoms with E-state index < -0.39 is 0 Å². The van der Waals surface area contributed by atoms with E-state index in [9.17, 15) is 0 Å². The molecule has 1 N–H and O–H groups in total. The van der Waals surface area contributed by atoms with Crippen LogP contribution in [-0.4, -0.2) is 20.3 Å². The van der Waals surface area contributed by atoms with E-state index >= 15 is 0 Å². The molecule has 0 bridgehead atoms. The number of nitrogens with one attached hydrogen (secondary N) is 1. The number of hydrogen-bond donors (Lipinski definition) is 1. The maximum atomic E-state index is 5.49. The highest BCUT2D eigenvalue weighted by atomic mass is 16.5. The van der Waals surface area contributed by atoms with Crippen molar-refractivity contribution >= 4 is 0 Å². The molecule has 0 saturated heterocycles. The van der Waals surface area contributed by atoms with Gasteiger partial charge in [0.25, 0.3) is 0 Å². The van der Waals surface area contributed by atoms with Gasteiger partial charge < -0.3 is 14.8 Å². The highest BCUT2D eigenvalue weighted by Crippen LogP contribution is 2.31. The number of rotatable bonds is 9. The molecule has 0 spiro atoms. The van der Waals surface area contributed by atoms with Crippen LogP contribution >= 0.6 is 0 Å². The number of ether oxygens (including phenoxy) is 2. The summed E-state index contributed by atoms with van der Waals surface area (Å²) in [5, 5.41) is 3.51. The summed E-state index contributed by atoms with van der Waals surface area (Å²) in [5.41, 5.74) is 3.85. The molecule has 2 rings (SSSR count). The fraction of sp³-hybridized carbons (Fsp3) is 0.364. The van der Waals surface area contributed by atoms with Crippen molar-refractivity contribution in [2.75, 3.05) is 20.3 Å². The lowest BCUT2D eigenvalue weighted by Crippen LogP contribution is -2.16. The third kappa shape index (κ3) is 5.85. The fourth-order valence-corrected chi connectivity index (χ4v) is 2.65. The lowest BCUT2D eigenvalue weighted by atomic mass is 9.97. The van der Waals surface area contributed by atoms with Crippen molar-refractivity contribution in [1.29, 1.82) is 0 Å². The summed E-state index contributed by atoms with van der Waals surface area (Å²) >= 11 is 0. The van der Waals surface area contributed by atoms with E-state index in [1.54, 1.807) is 7.11 Å². The average molecular weight is 337 g/mol. The molecule has 2 aromatic rings. The Morgan fingerprint density at radius 3 is 2.56 bits per heavy atom. The van der Waals surface area contributed by atoms with E-state index in [0.29, 0.717) is 11.7 Å². The molecule has 0 amide bonds. The molecule has 3 nitrogen and oxygen atoms in total. The summed E-state index contributed by atoms with van der Waals surface area (Å²) in [6.07, 6.45) is 6.30. The van der Waals surface area contributed by atoms with Crippen LogP contribution in [0.5, 0.6) is 11.5 Å². The maximum Gasteiger partial charge on any atom is 0.162 e. The van der Waals surface area contributed by atoms with Crippen molar-refractivity contribution in [3.8, 4) is 23.8 Å². The predicted molar refractivity (Wildman–Crippen MR) is 103 cm³/mol. The zero-order valence-corrected chi connectivity index (χ0v) is 15.3. The Morgan fingerprint density at radius 1 is 1.12 bits per heavy atom. The Bertz CT molecular complexity index is 701. The monoisotopic (exact) mass is 337 g/mol. The van der Waals surface area contributed by atoms with Crippen molar-refractivity contribution in [2.45, 2.75) is 32.7 Å². The van der Waals surface area contributed by atoms with E-state index in [2.05, 4.69) is 55.4 Å². The normalized spacial score (nSPS) is 11.6. The van der Waals surface area contributed by atoms with Gasteiger partial charge in [0.2, 0.25) is 0 Å². The van der Waals surface area contributed by atoms with Crippen LogP contribution in [0.25, 0.3) is 0 Å². The van der Waals surface area contributed by atoms with E-state index in [0.717, 1.165) is 25.3 Å². The van der Waals surface area contributed by atoms with Gasteiger partial charge in [-0.05, 0) is 49.1 Å². The first-order chi connectivity index (χ1) is 12.1. The summed E-state index contributed by atoms with van der Waals surface area (Å²) in [6, 6.07) is 14.7. The Balaban J connectivity index is 1.84. The Kier molecular flexibility index (Phi) is 7.37. The molecular formula is C22H27NO2. The fourth-order valence-electron chi connectivity index (χ4n) is 2.65. The Morgan fingerprint density at radius 2 is 1.88 bits per heavy atom. The highest BCUT2D eigenvalue weighted by Gasteiger charge is 2.10. The van der Waals surface area contributed by atoms with Gasteiger partial charge in [0.15, 0.2) is 11.5 Å². The van der Waals surface area contributed by atoms with Gasteiger partial charge in [-0.25, -0.2) is 0 Å². The molecular weight excluding hydrogens is 310 g/mol. The molecule has 0 saturated carbocycles. The molecule has 3 heteroatoms. The van der Waals surface area contributed by atoms with E-state index in [4.69, 9.17) is 15.9 Å². The van der Waals surface area contributed by atoms with Crippen LogP contribution in [0.2, 0.25) is 0 Å². The van der Waals surface area contributed by atoms with Gasteiger partial charge in [0.1, 0.15) is 6.61 Å². The van der Waals surface area contributed by atoms with Crippen LogP contribution in [-0.2, 0) is 6.54 Å². The molecule has 1 unspecified atom stereocenters. The molecule has 1 atom stereocenters. The summed E-state index contributed by atoms with van der Waals surface area (Å²) in [4.78, 5) is 0. The van der Waals surface area contributed by atoms with Crippen molar-refractivity contribution < 1.29 is 9.47 Å². The van der Waals surface area contributed by atoms with Crippen LogP contribution in [0.3, 0.4) is 0 Å². The largest absolute Gasteiger partial charge is 0.493 e. The molecule has 0 fully saturated rings. The lowest BCUT2D eigenvalue weighted by Gasteiger charge is -2.16. The zero-order chi connectivity index (χ0) is 18.1. The van der Waals surface area contributed by atoms with Crippen molar-refractivity contribution in [1.82, 2.24) is 5.32 Å². The minimum atomic E-state index is 0.244. The second kappa shape index (κ2) is 9.76. The predicted octanol–water partition coefficient (Wildman–Crippen LogP) is 4.30. The zero-order valence-electron chi connectivity index (χ0n) is 15.3. The van der Waals surface area contributed by atoms with Crippen molar-refractivity contribution in [3.63, 3.8) is 0 Å². The lowest BCUT2D eigenvalue weighted by molar-refractivity contribution is 0.330. The summed E-state index contributed by atoms with van der Waals surface area (Å²) in [7, 11) is 1.65. The molecule has 0 aliphatic rings. The second-order valence-electron chi connectivity index (χ2n) is 6.26. The van der Waals surface area contributed by atoms with Crippen LogP contribution in [0, 0.1) is 19.3 Å². The number of terminal acetylenes is 1. The van der Waals surface area contributed by atoms with Gasteiger partial charge in [0, 0.05) is 6.54 Å².